The highest BCUT2D eigenvalue weighted by Crippen LogP contribution is 2.37. The highest BCUT2D eigenvalue weighted by molar-refractivity contribution is 7.14. The molecule has 0 aliphatic carbocycles. The average molecular weight is 497 g/mol. The van der Waals surface area contributed by atoms with Crippen molar-refractivity contribution >= 4 is 40.8 Å². The first kappa shape index (κ1) is 26.5. The van der Waals surface area contributed by atoms with Crippen LogP contribution in [0.5, 0.6) is 11.5 Å². The molecule has 1 aromatic heterocycles. The van der Waals surface area contributed by atoms with Gasteiger partial charge in [-0.1, -0.05) is 17.5 Å². The SMILES string of the molecule is C#CCOc1c(Cl)cc(/C=C(\C#N)C(=O)Cc2sc(C(=O)OCC)c(C)c2C#N)cc1OCC. The number of ether oxygens (including phenoxy) is 3. The van der Waals surface area contributed by atoms with Crippen molar-refractivity contribution < 1.29 is 23.8 Å². The second-order valence-corrected chi connectivity index (χ2v) is 8.22. The number of halogens is 1. The summed E-state index contributed by atoms with van der Waals surface area (Å²) in [5, 5.41) is 19.3. The van der Waals surface area contributed by atoms with Crippen molar-refractivity contribution in [2.75, 3.05) is 19.8 Å². The molecule has 34 heavy (non-hydrogen) atoms. The fourth-order valence-corrected chi connectivity index (χ4v) is 4.43. The third-order valence-electron chi connectivity index (χ3n) is 4.48. The van der Waals surface area contributed by atoms with E-state index >= 15 is 0 Å². The maximum atomic E-state index is 12.9. The van der Waals surface area contributed by atoms with E-state index in [1.165, 1.54) is 12.1 Å². The summed E-state index contributed by atoms with van der Waals surface area (Å²) in [5.74, 6) is 1.86. The van der Waals surface area contributed by atoms with Crippen molar-refractivity contribution in [1.82, 2.24) is 0 Å². The Hall–Kier alpha value is -3.77. The van der Waals surface area contributed by atoms with Crippen LogP contribution in [-0.2, 0) is 16.0 Å². The third-order valence-corrected chi connectivity index (χ3v) is 6.03. The number of Topliss-reactive ketones (excluding diaryl/α,β-unsaturated/α-hetero) is 1. The fraction of sp³-hybridized carbons (Fsp3) is 0.280. The topological polar surface area (TPSA) is 109 Å². The molecule has 1 heterocycles. The number of benzene rings is 1. The van der Waals surface area contributed by atoms with Crippen LogP contribution in [0, 0.1) is 41.9 Å². The number of carbonyl (C=O) groups excluding carboxylic acids is 2. The van der Waals surface area contributed by atoms with E-state index in [9.17, 15) is 20.1 Å². The van der Waals surface area contributed by atoms with Crippen molar-refractivity contribution in [2.24, 2.45) is 0 Å². The van der Waals surface area contributed by atoms with Crippen LogP contribution < -0.4 is 9.47 Å². The van der Waals surface area contributed by atoms with Gasteiger partial charge in [-0.25, -0.2) is 4.79 Å². The van der Waals surface area contributed by atoms with E-state index < -0.39 is 11.8 Å². The maximum Gasteiger partial charge on any atom is 0.348 e. The van der Waals surface area contributed by atoms with Gasteiger partial charge >= 0.3 is 5.97 Å². The van der Waals surface area contributed by atoms with Crippen LogP contribution in [-0.4, -0.2) is 31.6 Å². The average Bonchev–Trinajstić information content (AvgIpc) is 3.12. The van der Waals surface area contributed by atoms with E-state index in [1.54, 1.807) is 26.8 Å². The third kappa shape index (κ3) is 6.17. The van der Waals surface area contributed by atoms with Crippen LogP contribution in [0.15, 0.2) is 17.7 Å². The first-order valence-electron chi connectivity index (χ1n) is 10.2. The Labute approximate surface area is 207 Å². The molecule has 7 nitrogen and oxygen atoms in total. The second-order valence-electron chi connectivity index (χ2n) is 6.71. The molecule has 174 valence electrons. The number of esters is 1. The number of terminal acetylenes is 1. The molecule has 0 saturated heterocycles. The second kappa shape index (κ2) is 12.5. The van der Waals surface area contributed by atoms with Gasteiger partial charge in [0, 0.05) is 11.3 Å². The zero-order chi connectivity index (χ0) is 25.3. The molecule has 0 aliphatic heterocycles. The molecule has 0 atom stereocenters. The molecule has 2 aromatic rings. The van der Waals surface area contributed by atoms with Crippen LogP contribution in [0.1, 0.15) is 45.1 Å². The fourth-order valence-electron chi connectivity index (χ4n) is 3.01. The van der Waals surface area contributed by atoms with Gasteiger partial charge in [0.05, 0.1) is 29.4 Å². The summed E-state index contributed by atoms with van der Waals surface area (Å²) < 4.78 is 16.0. The number of rotatable bonds is 10. The van der Waals surface area contributed by atoms with E-state index in [-0.39, 0.29) is 46.4 Å². The molecule has 0 N–H and O–H groups in total. The maximum absolute atomic E-state index is 12.9. The minimum absolute atomic E-state index is 0.00778. The lowest BCUT2D eigenvalue weighted by molar-refractivity contribution is -0.114. The smallest absolute Gasteiger partial charge is 0.348 e. The molecule has 0 spiro atoms. The highest BCUT2D eigenvalue weighted by Gasteiger charge is 2.23. The molecule has 0 radical (unpaired) electrons. The first-order chi connectivity index (χ1) is 16.3. The zero-order valence-electron chi connectivity index (χ0n) is 18.9. The van der Waals surface area contributed by atoms with Crippen LogP contribution in [0.4, 0.5) is 0 Å². The number of nitrogens with zero attached hydrogens (tertiary/aromatic N) is 2. The van der Waals surface area contributed by atoms with Gasteiger partial charge in [-0.3, -0.25) is 4.79 Å². The van der Waals surface area contributed by atoms with Gasteiger partial charge in [-0.15, -0.1) is 17.8 Å². The monoisotopic (exact) mass is 496 g/mol. The summed E-state index contributed by atoms with van der Waals surface area (Å²) in [4.78, 5) is 25.7. The molecule has 0 unspecified atom stereocenters. The van der Waals surface area contributed by atoms with Gasteiger partial charge in [-0.2, -0.15) is 10.5 Å². The minimum Gasteiger partial charge on any atom is -0.490 e. The van der Waals surface area contributed by atoms with Gasteiger partial charge in [0.1, 0.15) is 23.6 Å². The van der Waals surface area contributed by atoms with Crippen LogP contribution >= 0.6 is 22.9 Å². The summed E-state index contributed by atoms with van der Waals surface area (Å²) in [7, 11) is 0. The molecule has 9 heteroatoms. The van der Waals surface area contributed by atoms with Crippen molar-refractivity contribution in [3.05, 3.63) is 49.2 Å². The van der Waals surface area contributed by atoms with E-state index in [4.69, 9.17) is 32.2 Å². The zero-order valence-corrected chi connectivity index (χ0v) is 20.4. The van der Waals surface area contributed by atoms with E-state index in [1.807, 2.05) is 12.1 Å². The highest BCUT2D eigenvalue weighted by atomic mass is 35.5. The number of allylic oxidation sites excluding steroid dienone is 1. The molecule has 0 amide bonds. The Morgan fingerprint density at radius 2 is 1.94 bits per heavy atom. The number of thiophene rings is 1. The molecule has 0 saturated carbocycles. The van der Waals surface area contributed by atoms with Crippen LogP contribution in [0.2, 0.25) is 5.02 Å². The Morgan fingerprint density at radius 3 is 2.53 bits per heavy atom. The van der Waals surface area contributed by atoms with Gasteiger partial charge in [0.25, 0.3) is 0 Å². The van der Waals surface area contributed by atoms with Crippen molar-refractivity contribution in [1.29, 1.82) is 10.5 Å². The Balaban J connectivity index is 2.40. The van der Waals surface area contributed by atoms with Gasteiger partial charge < -0.3 is 14.2 Å². The molecule has 1 aromatic carbocycles. The molecular weight excluding hydrogens is 476 g/mol. The van der Waals surface area contributed by atoms with E-state index in [0.717, 1.165) is 11.3 Å². The largest absolute Gasteiger partial charge is 0.490 e. The summed E-state index contributed by atoms with van der Waals surface area (Å²) in [6, 6.07) is 7.03. The number of hydrogen-bond acceptors (Lipinski definition) is 8. The number of nitriles is 2. The molecular formula is C25H21ClN2O5S. The summed E-state index contributed by atoms with van der Waals surface area (Å²) in [6.45, 7) is 5.59. The lowest BCUT2D eigenvalue weighted by atomic mass is 10.0. The Bertz CT molecular complexity index is 1260. The summed E-state index contributed by atoms with van der Waals surface area (Å²) >= 11 is 7.32. The summed E-state index contributed by atoms with van der Waals surface area (Å²) in [5.41, 5.74) is 0.979. The molecule has 0 fully saturated rings. The van der Waals surface area contributed by atoms with Crippen molar-refractivity contribution in [3.63, 3.8) is 0 Å². The first-order valence-corrected chi connectivity index (χ1v) is 11.4. The quantitative estimate of drug-likeness (QED) is 0.199. The molecule has 0 bridgehead atoms. The Morgan fingerprint density at radius 1 is 1.21 bits per heavy atom. The predicted molar refractivity (Wildman–Crippen MR) is 129 cm³/mol. The standard InChI is InChI=1S/C25H21ClN2O5S/c1-5-8-33-23-19(26)10-16(11-21(23)31-6-2)9-17(13-27)20(29)12-22-18(14-28)15(4)24(34-22)25(30)32-7-3/h1,9-11H,6-8,12H2,2-4H3/b17-9+. The normalized spacial score (nSPS) is 10.6. The van der Waals surface area contributed by atoms with Gasteiger partial charge in [-0.05, 0) is 50.1 Å². The van der Waals surface area contributed by atoms with E-state index in [0.29, 0.717) is 28.4 Å². The van der Waals surface area contributed by atoms with Crippen molar-refractivity contribution in [3.8, 4) is 36.0 Å². The number of carbonyl (C=O) groups is 2. The predicted octanol–water partition coefficient (Wildman–Crippen LogP) is 4.89. The van der Waals surface area contributed by atoms with Crippen LogP contribution in [0.3, 0.4) is 0 Å². The molecule has 2 rings (SSSR count). The lowest BCUT2D eigenvalue weighted by Crippen LogP contribution is -2.05. The van der Waals surface area contributed by atoms with E-state index in [2.05, 4.69) is 5.92 Å². The summed E-state index contributed by atoms with van der Waals surface area (Å²) in [6.07, 6.45) is 6.39. The number of hydrogen-bond donors (Lipinski definition) is 0. The van der Waals surface area contributed by atoms with Crippen molar-refractivity contribution in [2.45, 2.75) is 27.2 Å². The minimum atomic E-state index is -0.554. The number of ketones is 1. The van der Waals surface area contributed by atoms with Crippen LogP contribution in [0.25, 0.3) is 6.08 Å². The lowest BCUT2D eigenvalue weighted by Gasteiger charge is -2.13. The van der Waals surface area contributed by atoms with Gasteiger partial charge in [0.2, 0.25) is 0 Å². The van der Waals surface area contributed by atoms with Gasteiger partial charge in [0.15, 0.2) is 17.3 Å². The Kier molecular flexibility index (Phi) is 9.71. The molecule has 0 aliphatic rings.